The number of carboxylic acids is 3. The molecule has 3 N–H and O–H groups in total. The Kier molecular flexibility index (Phi) is 14.9. The highest BCUT2D eigenvalue weighted by atomic mass is 19.4. The van der Waals surface area contributed by atoms with Gasteiger partial charge in [-0.15, -0.1) is 5.10 Å². The summed E-state index contributed by atoms with van der Waals surface area (Å²) in [6, 6.07) is 18.5. The van der Waals surface area contributed by atoms with Gasteiger partial charge in [0.05, 0.1) is 24.4 Å². The molecule has 1 aliphatic rings. The minimum absolute atomic E-state index is 0.187. The van der Waals surface area contributed by atoms with Crippen LogP contribution in [0.3, 0.4) is 0 Å². The average molecular weight is 757 g/mol. The zero-order chi connectivity index (χ0) is 39.4. The number of methoxy groups -OCH3 is 1. The maximum Gasteiger partial charge on any atom is 0.490 e. The van der Waals surface area contributed by atoms with Gasteiger partial charge in [-0.05, 0) is 31.3 Å². The fourth-order valence-electron chi connectivity index (χ4n) is 4.28. The molecular weight excluding hydrogens is 727 g/mol. The average Bonchev–Trinajstić information content (AvgIpc) is 3.49. The summed E-state index contributed by atoms with van der Waals surface area (Å²) >= 11 is 0. The molecule has 0 aliphatic carbocycles. The van der Waals surface area contributed by atoms with Gasteiger partial charge in [0, 0.05) is 49.7 Å². The van der Waals surface area contributed by atoms with Gasteiger partial charge in [-0.1, -0.05) is 35.5 Å². The number of fused-ring (bicyclic) bond motifs is 1. The van der Waals surface area contributed by atoms with Crippen LogP contribution in [0.15, 0.2) is 67.0 Å². The van der Waals surface area contributed by atoms with E-state index < -0.39 is 36.4 Å². The molecule has 52 heavy (non-hydrogen) atoms. The standard InChI is InChI=1S/C24H26N6O.3C2HF3O2/c1-28-13-14-29(16-19-7-5-6-12-25-19)17-22(28)24-21-11-10-18(15-30(21)27-26-24)20-8-3-4-9-23(20)31-2;3*3-2(4,5)1(6)7/h3-12,15,22H,13-14,16-17H2,1-2H3;3*(H,6,7). The van der Waals surface area contributed by atoms with Crippen molar-refractivity contribution >= 4 is 23.4 Å². The van der Waals surface area contributed by atoms with Crippen molar-refractivity contribution in [2.75, 3.05) is 33.8 Å². The van der Waals surface area contributed by atoms with E-state index in [4.69, 9.17) is 34.4 Å². The van der Waals surface area contributed by atoms with Crippen LogP contribution in [0.5, 0.6) is 5.75 Å². The van der Waals surface area contributed by atoms with Gasteiger partial charge in [-0.2, -0.15) is 39.5 Å². The summed E-state index contributed by atoms with van der Waals surface area (Å²) in [5.74, 6) is -7.42. The summed E-state index contributed by atoms with van der Waals surface area (Å²) in [5.41, 5.74) is 5.24. The molecule has 13 nitrogen and oxygen atoms in total. The lowest BCUT2D eigenvalue weighted by molar-refractivity contribution is -0.193. The fourth-order valence-corrected chi connectivity index (χ4v) is 4.28. The first-order chi connectivity index (χ1) is 24.1. The topological polar surface area (TPSA) is 171 Å². The van der Waals surface area contributed by atoms with E-state index in [1.165, 1.54) is 0 Å². The Labute approximate surface area is 287 Å². The van der Waals surface area contributed by atoms with Crippen molar-refractivity contribution in [1.82, 2.24) is 29.6 Å². The molecule has 0 bridgehead atoms. The predicted octanol–water partition coefficient (Wildman–Crippen LogP) is 5.19. The molecule has 0 saturated carbocycles. The van der Waals surface area contributed by atoms with Crippen LogP contribution >= 0.6 is 0 Å². The Balaban J connectivity index is 0.000000365. The van der Waals surface area contributed by atoms with E-state index in [1.54, 1.807) is 7.11 Å². The quantitative estimate of drug-likeness (QED) is 0.228. The van der Waals surface area contributed by atoms with E-state index in [2.05, 4.69) is 56.4 Å². The Bertz CT molecular complexity index is 1730. The largest absolute Gasteiger partial charge is 0.496 e. The zero-order valence-corrected chi connectivity index (χ0v) is 26.8. The van der Waals surface area contributed by atoms with Crippen molar-refractivity contribution in [3.8, 4) is 16.9 Å². The number of likely N-dealkylation sites (N-methyl/N-ethyl adjacent to an activating group) is 1. The van der Waals surface area contributed by atoms with E-state index >= 15 is 0 Å². The first-order valence-corrected chi connectivity index (χ1v) is 14.3. The molecule has 1 aromatic carbocycles. The molecule has 1 aliphatic heterocycles. The Morgan fingerprint density at radius 2 is 1.35 bits per heavy atom. The molecule has 0 amide bonds. The fraction of sp³-hybridized carbons (Fsp3) is 0.333. The Morgan fingerprint density at radius 3 is 1.85 bits per heavy atom. The van der Waals surface area contributed by atoms with Crippen LogP contribution in [0.2, 0.25) is 0 Å². The number of hydrogen-bond acceptors (Lipinski definition) is 9. The van der Waals surface area contributed by atoms with Crippen LogP contribution in [-0.2, 0) is 20.9 Å². The lowest BCUT2D eigenvalue weighted by atomic mass is 10.0. The lowest BCUT2D eigenvalue weighted by Gasteiger charge is -2.38. The number of pyridine rings is 2. The Morgan fingerprint density at radius 1 is 0.808 bits per heavy atom. The van der Waals surface area contributed by atoms with Crippen LogP contribution in [0.4, 0.5) is 39.5 Å². The molecule has 1 fully saturated rings. The van der Waals surface area contributed by atoms with Gasteiger partial charge >= 0.3 is 36.4 Å². The van der Waals surface area contributed by atoms with Gasteiger partial charge in [0.15, 0.2) is 0 Å². The second kappa shape index (κ2) is 18.1. The maximum absolute atomic E-state index is 10.6. The van der Waals surface area contributed by atoms with Crippen LogP contribution in [0, 0.1) is 0 Å². The molecule has 0 radical (unpaired) electrons. The number of aromatic nitrogens is 4. The van der Waals surface area contributed by atoms with Gasteiger partial charge in [0.1, 0.15) is 11.4 Å². The molecule has 1 atom stereocenters. The third-order valence-electron chi connectivity index (χ3n) is 6.75. The summed E-state index contributed by atoms with van der Waals surface area (Å²) in [7, 11) is 3.86. The van der Waals surface area contributed by atoms with Crippen molar-refractivity contribution in [1.29, 1.82) is 0 Å². The molecule has 4 aromatic rings. The maximum atomic E-state index is 10.6. The van der Waals surface area contributed by atoms with Crippen molar-refractivity contribution in [3.05, 3.63) is 78.4 Å². The number of para-hydroxylation sites is 1. The smallest absolute Gasteiger partial charge is 0.490 e. The monoisotopic (exact) mass is 756 g/mol. The molecule has 5 rings (SSSR count). The number of ether oxygens (including phenoxy) is 1. The molecule has 22 heteroatoms. The van der Waals surface area contributed by atoms with Crippen molar-refractivity contribution in [3.63, 3.8) is 0 Å². The van der Waals surface area contributed by atoms with Crippen LogP contribution in [0.1, 0.15) is 17.4 Å². The minimum atomic E-state index is -5.08. The summed E-state index contributed by atoms with van der Waals surface area (Å²) in [4.78, 5) is 36.0. The molecule has 1 saturated heterocycles. The van der Waals surface area contributed by atoms with E-state index in [1.807, 2.05) is 47.2 Å². The predicted molar refractivity (Wildman–Crippen MR) is 161 cm³/mol. The third kappa shape index (κ3) is 13.0. The SMILES string of the molecule is COc1ccccc1-c1ccc2c(C3CN(Cc4ccccn4)CCN3C)nnn2c1.O=C(O)C(F)(F)F.O=C(O)C(F)(F)F.O=C(O)C(F)(F)F. The van der Waals surface area contributed by atoms with Crippen molar-refractivity contribution in [2.24, 2.45) is 0 Å². The van der Waals surface area contributed by atoms with E-state index in [0.29, 0.717) is 0 Å². The number of carbonyl (C=O) groups is 3. The summed E-state index contributed by atoms with van der Waals surface area (Å²) in [5, 5.41) is 30.4. The number of benzene rings is 1. The molecular formula is C30H29F9N6O7. The normalized spacial score (nSPS) is 15.2. The lowest BCUT2D eigenvalue weighted by Crippen LogP contribution is -2.46. The number of rotatable bonds is 5. The summed E-state index contributed by atoms with van der Waals surface area (Å²) in [6.07, 6.45) is -11.4. The molecule has 1 unspecified atom stereocenters. The van der Waals surface area contributed by atoms with Gasteiger partial charge in [-0.3, -0.25) is 14.8 Å². The minimum Gasteiger partial charge on any atom is -0.496 e. The third-order valence-corrected chi connectivity index (χ3v) is 6.75. The Hall–Kier alpha value is -5.51. The summed E-state index contributed by atoms with van der Waals surface area (Å²) < 4.78 is 103. The first kappa shape index (κ1) is 42.7. The first-order valence-electron chi connectivity index (χ1n) is 14.3. The highest BCUT2D eigenvalue weighted by Gasteiger charge is 2.39. The van der Waals surface area contributed by atoms with E-state index in [9.17, 15) is 39.5 Å². The number of aliphatic carboxylic acids is 3. The zero-order valence-electron chi connectivity index (χ0n) is 26.8. The van der Waals surface area contributed by atoms with Gasteiger partial charge in [0.25, 0.3) is 0 Å². The second-order valence-electron chi connectivity index (χ2n) is 10.4. The number of piperazine rings is 1. The number of halogens is 9. The molecule has 3 aromatic heterocycles. The number of carboxylic acid groups (broad SMARTS) is 3. The molecule has 0 spiro atoms. The molecule has 284 valence electrons. The van der Waals surface area contributed by atoms with E-state index in [0.717, 1.165) is 60.0 Å². The number of nitrogens with zero attached hydrogens (tertiary/aromatic N) is 6. The van der Waals surface area contributed by atoms with Gasteiger partial charge in [-0.25, -0.2) is 18.9 Å². The molecule has 4 heterocycles. The number of hydrogen-bond donors (Lipinski definition) is 3. The van der Waals surface area contributed by atoms with E-state index in [-0.39, 0.29) is 6.04 Å². The van der Waals surface area contributed by atoms with Crippen molar-refractivity contribution < 1.29 is 74.0 Å². The van der Waals surface area contributed by atoms with Gasteiger partial charge in [0.2, 0.25) is 0 Å². The van der Waals surface area contributed by atoms with Crippen molar-refractivity contribution in [2.45, 2.75) is 31.1 Å². The van der Waals surface area contributed by atoms with Crippen LogP contribution in [0.25, 0.3) is 16.6 Å². The summed E-state index contributed by atoms with van der Waals surface area (Å²) in [6.45, 7) is 3.74. The van der Waals surface area contributed by atoms with Crippen LogP contribution < -0.4 is 4.74 Å². The second-order valence-corrected chi connectivity index (χ2v) is 10.4. The highest BCUT2D eigenvalue weighted by Crippen LogP contribution is 2.32. The van der Waals surface area contributed by atoms with Crippen LogP contribution in [-0.4, -0.2) is 115 Å². The highest BCUT2D eigenvalue weighted by molar-refractivity contribution is 5.74. The number of alkyl halides is 9. The van der Waals surface area contributed by atoms with Gasteiger partial charge < -0.3 is 20.1 Å².